The first-order valence-electron chi connectivity index (χ1n) is 5.47. The molecule has 0 spiro atoms. The molecule has 1 aromatic heterocycles. The van der Waals surface area contributed by atoms with Gasteiger partial charge in [-0.3, -0.25) is 4.79 Å². The second kappa shape index (κ2) is 8.48. The molecule has 0 saturated carbocycles. The van der Waals surface area contributed by atoms with Crippen LogP contribution in [-0.4, -0.2) is 35.4 Å². The van der Waals surface area contributed by atoms with Gasteiger partial charge in [0.2, 0.25) is 0 Å². The van der Waals surface area contributed by atoms with Gasteiger partial charge in [-0.05, 0) is 24.0 Å². The van der Waals surface area contributed by atoms with Crippen LogP contribution in [0.5, 0.6) is 0 Å². The predicted molar refractivity (Wildman–Crippen MR) is 70.2 cm³/mol. The molecule has 0 atom stereocenters. The van der Waals surface area contributed by atoms with Gasteiger partial charge < -0.3 is 20.7 Å². The molecule has 0 aliphatic rings. The molecule has 1 rings (SSSR count). The number of amides is 1. The summed E-state index contributed by atoms with van der Waals surface area (Å²) in [6, 6.07) is 2.66. The van der Waals surface area contributed by atoms with E-state index in [0.717, 1.165) is 13.0 Å². The summed E-state index contributed by atoms with van der Waals surface area (Å²) < 4.78 is 0. The molecule has 3 N–H and O–H groups in total. The van der Waals surface area contributed by atoms with Crippen LogP contribution in [-0.2, 0) is 0 Å². The monoisotopic (exact) mass is 276 g/mol. The van der Waals surface area contributed by atoms with E-state index in [9.17, 15) is 14.9 Å². The van der Waals surface area contributed by atoms with Gasteiger partial charge in [-0.1, -0.05) is 6.92 Å². The number of carbonyl (C=O) groups is 1. The maximum absolute atomic E-state index is 11.5. The van der Waals surface area contributed by atoms with Gasteiger partial charge in [-0.25, -0.2) is 4.98 Å². The summed E-state index contributed by atoms with van der Waals surface area (Å²) in [6.07, 6.45) is 1.04. The number of carbonyl (C=O) groups excluding carboxylic acids is 1. The molecule has 102 valence electrons. The second-order valence-corrected chi connectivity index (χ2v) is 3.52. The van der Waals surface area contributed by atoms with E-state index in [2.05, 4.69) is 22.5 Å². The highest BCUT2D eigenvalue weighted by Crippen LogP contribution is 2.09. The van der Waals surface area contributed by atoms with Gasteiger partial charge in [0.25, 0.3) is 5.91 Å². The normalized spacial score (nSPS) is 9.61. The number of H-pyrrole nitrogens is 1. The topological polar surface area (TPSA) is 100 Å². The first-order chi connectivity index (χ1) is 8.15. The lowest BCUT2D eigenvalue weighted by atomic mass is 10.4. The van der Waals surface area contributed by atoms with E-state index in [1.807, 2.05) is 0 Å². The zero-order valence-electron chi connectivity index (χ0n) is 10.1. The lowest BCUT2D eigenvalue weighted by Crippen LogP contribution is -2.32. The van der Waals surface area contributed by atoms with Gasteiger partial charge in [0.15, 0.2) is 5.69 Å². The lowest BCUT2D eigenvalue weighted by molar-refractivity contribution is -0.389. The largest absolute Gasteiger partial charge is 0.358 e. The molecule has 0 aliphatic heterocycles. The predicted octanol–water partition coefficient (Wildman–Crippen LogP) is 1.07. The van der Waals surface area contributed by atoms with E-state index in [-0.39, 0.29) is 29.8 Å². The average Bonchev–Trinajstić information content (AvgIpc) is 2.78. The minimum atomic E-state index is -0.570. The highest BCUT2D eigenvalue weighted by Gasteiger charge is 2.14. The fourth-order valence-corrected chi connectivity index (χ4v) is 1.28. The third-order valence-corrected chi connectivity index (χ3v) is 2.13. The van der Waals surface area contributed by atoms with Gasteiger partial charge in [0.1, 0.15) is 0 Å². The van der Waals surface area contributed by atoms with Crippen molar-refractivity contribution in [1.29, 1.82) is 0 Å². The highest BCUT2D eigenvalue weighted by atomic mass is 35.5. The van der Waals surface area contributed by atoms with Crippen molar-refractivity contribution in [2.45, 2.75) is 13.3 Å². The Morgan fingerprint density at radius 1 is 1.39 bits per heavy atom. The van der Waals surface area contributed by atoms with Crippen LogP contribution < -0.4 is 10.6 Å². The van der Waals surface area contributed by atoms with Gasteiger partial charge in [-0.2, -0.15) is 0 Å². The maximum Gasteiger partial charge on any atom is 0.321 e. The lowest BCUT2D eigenvalue weighted by Gasteiger charge is -2.03. The summed E-state index contributed by atoms with van der Waals surface area (Å²) in [5, 5.41) is 16.2. The van der Waals surface area contributed by atoms with Crippen molar-refractivity contribution in [1.82, 2.24) is 15.6 Å². The summed E-state index contributed by atoms with van der Waals surface area (Å²) in [6.45, 7) is 4.14. The molecule has 1 heterocycles. The standard InChI is InChI=1S/C10H16N4O3.ClH/c1-2-5-11-6-7-12-10(15)8-3-4-9(13-8)14(16)17;/h3-4,11,13H,2,5-7H2,1H3,(H,12,15);1H. The van der Waals surface area contributed by atoms with E-state index < -0.39 is 4.92 Å². The highest BCUT2D eigenvalue weighted by molar-refractivity contribution is 5.92. The van der Waals surface area contributed by atoms with Crippen LogP contribution in [0.25, 0.3) is 0 Å². The Balaban J connectivity index is 0.00000289. The Kier molecular flexibility index (Phi) is 7.73. The van der Waals surface area contributed by atoms with Gasteiger partial charge in [0, 0.05) is 19.2 Å². The van der Waals surface area contributed by atoms with Crippen LogP contribution in [0, 0.1) is 10.1 Å². The van der Waals surface area contributed by atoms with E-state index in [1.165, 1.54) is 12.1 Å². The molecule has 18 heavy (non-hydrogen) atoms. The number of hydrogen-bond acceptors (Lipinski definition) is 4. The summed E-state index contributed by atoms with van der Waals surface area (Å²) in [7, 11) is 0. The van der Waals surface area contributed by atoms with Crippen molar-refractivity contribution >= 4 is 24.1 Å². The number of nitrogens with one attached hydrogen (secondary N) is 3. The van der Waals surface area contributed by atoms with E-state index in [0.29, 0.717) is 13.1 Å². The minimum absolute atomic E-state index is 0. The molecule has 8 heteroatoms. The Labute approximate surface area is 111 Å². The summed E-state index contributed by atoms with van der Waals surface area (Å²) in [5.74, 6) is -0.518. The number of nitrogens with zero attached hydrogens (tertiary/aromatic N) is 1. The Morgan fingerprint density at radius 3 is 2.67 bits per heavy atom. The SMILES string of the molecule is CCCNCCNC(=O)c1ccc([N+](=O)[O-])[nH]1.Cl. The molecule has 1 aromatic rings. The number of nitro groups is 1. The third-order valence-electron chi connectivity index (χ3n) is 2.13. The zero-order chi connectivity index (χ0) is 12.7. The first-order valence-corrected chi connectivity index (χ1v) is 5.47. The van der Waals surface area contributed by atoms with Crippen LogP contribution in [0.4, 0.5) is 5.82 Å². The van der Waals surface area contributed by atoms with Gasteiger partial charge >= 0.3 is 5.82 Å². The third kappa shape index (κ3) is 5.15. The van der Waals surface area contributed by atoms with Crippen LogP contribution in [0.15, 0.2) is 12.1 Å². The van der Waals surface area contributed by atoms with Crippen molar-refractivity contribution in [3.8, 4) is 0 Å². The van der Waals surface area contributed by atoms with E-state index >= 15 is 0 Å². The van der Waals surface area contributed by atoms with Crippen LogP contribution >= 0.6 is 12.4 Å². The van der Waals surface area contributed by atoms with Crippen LogP contribution in [0.2, 0.25) is 0 Å². The van der Waals surface area contributed by atoms with E-state index in [4.69, 9.17) is 0 Å². The number of aromatic amines is 1. The van der Waals surface area contributed by atoms with Gasteiger partial charge in [-0.15, -0.1) is 12.4 Å². The van der Waals surface area contributed by atoms with Crippen molar-refractivity contribution in [3.05, 3.63) is 27.9 Å². The molecule has 0 saturated heterocycles. The summed E-state index contributed by atoms with van der Waals surface area (Å²) in [4.78, 5) is 23.8. The Bertz CT molecular complexity index is 394. The smallest absolute Gasteiger partial charge is 0.321 e. The van der Waals surface area contributed by atoms with E-state index in [1.54, 1.807) is 0 Å². The van der Waals surface area contributed by atoms with Crippen molar-refractivity contribution < 1.29 is 9.72 Å². The van der Waals surface area contributed by atoms with Crippen LogP contribution in [0.3, 0.4) is 0 Å². The minimum Gasteiger partial charge on any atom is -0.358 e. The van der Waals surface area contributed by atoms with Crippen LogP contribution in [0.1, 0.15) is 23.8 Å². The number of aromatic nitrogens is 1. The molecular weight excluding hydrogens is 260 g/mol. The second-order valence-electron chi connectivity index (χ2n) is 3.52. The number of hydrogen-bond donors (Lipinski definition) is 3. The molecule has 0 bridgehead atoms. The van der Waals surface area contributed by atoms with Gasteiger partial charge in [0.05, 0.1) is 0 Å². The molecule has 0 aromatic carbocycles. The van der Waals surface area contributed by atoms with Crippen molar-refractivity contribution in [2.24, 2.45) is 0 Å². The summed E-state index contributed by atoms with van der Waals surface area (Å²) in [5.41, 5.74) is 0.201. The average molecular weight is 277 g/mol. The fourth-order valence-electron chi connectivity index (χ4n) is 1.28. The Morgan fingerprint density at radius 2 is 2.11 bits per heavy atom. The molecule has 0 radical (unpaired) electrons. The van der Waals surface area contributed by atoms with Crippen molar-refractivity contribution in [3.63, 3.8) is 0 Å². The zero-order valence-corrected chi connectivity index (χ0v) is 10.9. The molecule has 0 fully saturated rings. The quantitative estimate of drug-likeness (QED) is 0.394. The molecule has 0 unspecified atom stereocenters. The number of halogens is 1. The maximum atomic E-state index is 11.5. The summed E-state index contributed by atoms with van der Waals surface area (Å²) >= 11 is 0. The fraction of sp³-hybridized carbons (Fsp3) is 0.500. The Hall–Kier alpha value is -1.60. The molecule has 1 amide bonds. The van der Waals surface area contributed by atoms with Crippen molar-refractivity contribution in [2.75, 3.05) is 19.6 Å². The first kappa shape index (κ1) is 16.4. The molecule has 7 nitrogen and oxygen atoms in total. The molecule has 0 aliphatic carbocycles. The molecular formula is C10H17ClN4O3. The number of rotatable bonds is 7.